The lowest BCUT2D eigenvalue weighted by atomic mass is 10.1. The first-order valence-electron chi connectivity index (χ1n) is 10.1. The highest BCUT2D eigenvalue weighted by atomic mass is 16.5. The number of fused-ring (bicyclic) bond motifs is 2. The predicted molar refractivity (Wildman–Crippen MR) is 119 cm³/mol. The van der Waals surface area contributed by atoms with Crippen molar-refractivity contribution in [2.75, 3.05) is 25.7 Å². The fourth-order valence-corrected chi connectivity index (χ4v) is 4.02. The van der Waals surface area contributed by atoms with Gasteiger partial charge in [0.05, 0.1) is 43.7 Å². The lowest BCUT2D eigenvalue weighted by molar-refractivity contribution is 0.355. The van der Waals surface area contributed by atoms with Crippen LogP contribution in [0.5, 0.6) is 11.5 Å². The van der Waals surface area contributed by atoms with Gasteiger partial charge in [0.2, 0.25) is 5.95 Å². The number of H-pyrrole nitrogens is 1. The van der Waals surface area contributed by atoms with Gasteiger partial charge in [-0.15, -0.1) is 0 Å². The average Bonchev–Trinajstić information content (AvgIpc) is 3.22. The van der Waals surface area contributed by atoms with E-state index >= 15 is 0 Å². The Labute approximate surface area is 179 Å². The monoisotopic (exact) mass is 417 g/mol. The van der Waals surface area contributed by atoms with Gasteiger partial charge in [-0.2, -0.15) is 0 Å². The number of hydrogen-bond donors (Lipinski definition) is 1. The highest BCUT2D eigenvalue weighted by Crippen LogP contribution is 2.31. The van der Waals surface area contributed by atoms with E-state index in [1.807, 2.05) is 11.2 Å². The Morgan fingerprint density at radius 3 is 2.55 bits per heavy atom. The topological polar surface area (TPSA) is 85.3 Å². The Kier molecular flexibility index (Phi) is 4.62. The molecule has 5 rings (SSSR count). The number of aromatic amines is 1. The zero-order valence-corrected chi connectivity index (χ0v) is 17.7. The van der Waals surface area contributed by atoms with Gasteiger partial charge in [-0.05, 0) is 25.1 Å². The van der Waals surface area contributed by atoms with Crippen molar-refractivity contribution in [1.29, 1.82) is 0 Å². The molecular weight excluding hydrogens is 394 g/mol. The minimum absolute atomic E-state index is 0.211. The normalized spacial score (nSPS) is 13.3. The maximum atomic E-state index is 12.7. The molecule has 2 aromatic heterocycles. The summed E-state index contributed by atoms with van der Waals surface area (Å²) < 4.78 is 12.8. The third kappa shape index (κ3) is 3.30. The first kappa shape index (κ1) is 19.2. The summed E-state index contributed by atoms with van der Waals surface area (Å²) in [6.45, 7) is 3.39. The number of methoxy groups -OCH3 is 2. The van der Waals surface area contributed by atoms with Gasteiger partial charge < -0.3 is 18.9 Å². The number of benzene rings is 2. The van der Waals surface area contributed by atoms with E-state index in [1.54, 1.807) is 26.4 Å². The summed E-state index contributed by atoms with van der Waals surface area (Å²) in [6, 6.07) is 11.8. The Morgan fingerprint density at radius 1 is 1.06 bits per heavy atom. The molecule has 0 amide bonds. The van der Waals surface area contributed by atoms with Crippen molar-refractivity contribution < 1.29 is 9.47 Å². The number of imidazole rings is 1. The minimum Gasteiger partial charge on any atom is -0.493 e. The summed E-state index contributed by atoms with van der Waals surface area (Å²) in [5.74, 6) is 1.57. The summed E-state index contributed by atoms with van der Waals surface area (Å²) >= 11 is 0. The molecule has 0 spiro atoms. The zero-order chi connectivity index (χ0) is 21.5. The van der Waals surface area contributed by atoms with Crippen LogP contribution in [0.2, 0.25) is 0 Å². The Morgan fingerprint density at radius 2 is 1.81 bits per heavy atom. The molecule has 0 saturated carbocycles. The smallest absolute Gasteiger partial charge is 0.260 e. The molecule has 31 heavy (non-hydrogen) atoms. The summed E-state index contributed by atoms with van der Waals surface area (Å²) in [5.41, 5.74) is 4.86. The van der Waals surface area contributed by atoms with Crippen molar-refractivity contribution in [3.63, 3.8) is 0 Å². The van der Waals surface area contributed by atoms with Gasteiger partial charge in [0, 0.05) is 30.4 Å². The SMILES string of the molecule is COc1cc2nc(N3CCc4c(ncn4-c4ccc(C)cc4)C3)[nH]c(=O)c2cc1OC. The molecule has 1 aliphatic heterocycles. The quantitative estimate of drug-likeness (QED) is 0.550. The lowest BCUT2D eigenvalue weighted by Gasteiger charge is -2.27. The number of nitrogens with one attached hydrogen (secondary N) is 1. The summed E-state index contributed by atoms with van der Waals surface area (Å²) in [4.78, 5) is 27.0. The van der Waals surface area contributed by atoms with Crippen LogP contribution in [0.15, 0.2) is 47.5 Å². The number of ether oxygens (including phenoxy) is 2. The van der Waals surface area contributed by atoms with Crippen molar-refractivity contribution in [3.05, 3.63) is 70.0 Å². The van der Waals surface area contributed by atoms with Gasteiger partial charge >= 0.3 is 0 Å². The van der Waals surface area contributed by atoms with Crippen LogP contribution in [-0.4, -0.2) is 40.3 Å². The fraction of sp³-hybridized carbons (Fsp3) is 0.261. The number of anilines is 1. The third-order valence-corrected chi connectivity index (χ3v) is 5.72. The molecule has 1 N–H and O–H groups in total. The van der Waals surface area contributed by atoms with Gasteiger partial charge in [0.25, 0.3) is 5.56 Å². The maximum Gasteiger partial charge on any atom is 0.260 e. The van der Waals surface area contributed by atoms with Crippen LogP contribution < -0.4 is 19.9 Å². The highest BCUT2D eigenvalue weighted by Gasteiger charge is 2.24. The number of aryl methyl sites for hydroxylation is 1. The van der Waals surface area contributed by atoms with E-state index in [4.69, 9.17) is 14.5 Å². The van der Waals surface area contributed by atoms with Gasteiger partial charge in [0.1, 0.15) is 0 Å². The van der Waals surface area contributed by atoms with Crippen LogP contribution in [0.1, 0.15) is 17.0 Å². The van der Waals surface area contributed by atoms with E-state index < -0.39 is 0 Å². The molecule has 2 aromatic carbocycles. The van der Waals surface area contributed by atoms with E-state index in [1.165, 1.54) is 11.3 Å². The summed E-state index contributed by atoms with van der Waals surface area (Å²) in [5, 5.41) is 0.461. The van der Waals surface area contributed by atoms with E-state index in [2.05, 4.69) is 45.7 Å². The van der Waals surface area contributed by atoms with E-state index in [-0.39, 0.29) is 5.56 Å². The summed E-state index contributed by atoms with van der Waals surface area (Å²) in [7, 11) is 3.11. The van der Waals surface area contributed by atoms with Crippen molar-refractivity contribution in [2.45, 2.75) is 19.9 Å². The molecule has 3 heterocycles. The molecule has 1 aliphatic rings. The molecule has 8 heteroatoms. The van der Waals surface area contributed by atoms with Crippen LogP contribution in [0, 0.1) is 6.92 Å². The first-order valence-corrected chi connectivity index (χ1v) is 10.1. The molecular formula is C23H23N5O3. The van der Waals surface area contributed by atoms with Crippen LogP contribution in [-0.2, 0) is 13.0 Å². The number of hydrogen-bond acceptors (Lipinski definition) is 6. The standard InChI is InChI=1S/C23H23N5O3/c1-14-4-6-15(7-5-14)28-13-24-18-12-27(9-8-19(18)28)23-25-17-11-21(31-3)20(30-2)10-16(17)22(29)26-23/h4-7,10-11,13H,8-9,12H2,1-3H3,(H,25,26,29). The molecule has 0 radical (unpaired) electrons. The van der Waals surface area contributed by atoms with Crippen molar-refractivity contribution in [1.82, 2.24) is 19.5 Å². The zero-order valence-electron chi connectivity index (χ0n) is 17.7. The number of nitrogens with zero attached hydrogens (tertiary/aromatic N) is 4. The van der Waals surface area contributed by atoms with Crippen LogP contribution in [0.25, 0.3) is 16.6 Å². The van der Waals surface area contributed by atoms with E-state index in [0.717, 1.165) is 24.3 Å². The molecule has 0 saturated heterocycles. The molecule has 8 nitrogen and oxygen atoms in total. The number of aromatic nitrogens is 4. The molecule has 0 atom stereocenters. The largest absolute Gasteiger partial charge is 0.493 e. The predicted octanol–water partition coefficient (Wildman–Crippen LogP) is 3.00. The van der Waals surface area contributed by atoms with E-state index in [9.17, 15) is 4.79 Å². The average molecular weight is 417 g/mol. The molecule has 0 aliphatic carbocycles. The number of rotatable bonds is 4. The molecule has 0 bridgehead atoms. The lowest BCUT2D eigenvalue weighted by Crippen LogP contribution is -2.33. The fourth-order valence-electron chi connectivity index (χ4n) is 4.02. The third-order valence-electron chi connectivity index (χ3n) is 5.72. The van der Waals surface area contributed by atoms with Crippen molar-refractivity contribution in [3.8, 4) is 17.2 Å². The molecule has 4 aromatic rings. The van der Waals surface area contributed by atoms with Gasteiger partial charge in [-0.3, -0.25) is 9.78 Å². The van der Waals surface area contributed by atoms with Crippen LogP contribution >= 0.6 is 0 Å². The Balaban J connectivity index is 1.49. The second-order valence-corrected chi connectivity index (χ2v) is 7.63. The molecule has 158 valence electrons. The minimum atomic E-state index is -0.211. The summed E-state index contributed by atoms with van der Waals surface area (Å²) in [6.07, 6.45) is 2.67. The second kappa shape index (κ2) is 7.46. The highest BCUT2D eigenvalue weighted by molar-refractivity contribution is 5.82. The van der Waals surface area contributed by atoms with Crippen LogP contribution in [0.4, 0.5) is 5.95 Å². The molecule has 0 fully saturated rings. The van der Waals surface area contributed by atoms with Crippen molar-refractivity contribution >= 4 is 16.9 Å². The van der Waals surface area contributed by atoms with Crippen molar-refractivity contribution in [2.24, 2.45) is 0 Å². The van der Waals surface area contributed by atoms with Gasteiger partial charge in [-0.1, -0.05) is 17.7 Å². The van der Waals surface area contributed by atoms with Gasteiger partial charge in [-0.25, -0.2) is 9.97 Å². The molecule has 0 unspecified atom stereocenters. The van der Waals surface area contributed by atoms with E-state index in [0.29, 0.717) is 34.9 Å². The van der Waals surface area contributed by atoms with Crippen LogP contribution in [0.3, 0.4) is 0 Å². The first-order chi connectivity index (χ1) is 15.1. The Bertz CT molecular complexity index is 1320. The Hall–Kier alpha value is -3.81. The maximum absolute atomic E-state index is 12.7. The second-order valence-electron chi connectivity index (χ2n) is 7.63. The van der Waals surface area contributed by atoms with Gasteiger partial charge in [0.15, 0.2) is 11.5 Å².